The van der Waals surface area contributed by atoms with E-state index in [2.05, 4.69) is 26.1 Å². The molecule has 0 aliphatic heterocycles. The van der Waals surface area contributed by atoms with E-state index in [1.54, 1.807) is 6.26 Å². The van der Waals surface area contributed by atoms with Gasteiger partial charge >= 0.3 is 0 Å². The second kappa shape index (κ2) is 8.29. The minimum absolute atomic E-state index is 0.322. The second-order valence-electron chi connectivity index (χ2n) is 5.19. The first kappa shape index (κ1) is 15.2. The van der Waals surface area contributed by atoms with Gasteiger partial charge in [0.15, 0.2) is 0 Å². The summed E-state index contributed by atoms with van der Waals surface area (Å²) < 4.78 is 10.5. The minimum atomic E-state index is -0.477. The smallest absolute Gasteiger partial charge is 0.129 e. The van der Waals surface area contributed by atoms with Crippen molar-refractivity contribution in [3.8, 4) is 0 Å². The van der Waals surface area contributed by atoms with Crippen LogP contribution in [0.3, 0.4) is 0 Å². The van der Waals surface area contributed by atoms with Crippen molar-refractivity contribution in [1.29, 1.82) is 0 Å². The van der Waals surface area contributed by atoms with E-state index in [1.165, 1.54) is 0 Å². The van der Waals surface area contributed by atoms with E-state index in [9.17, 15) is 5.11 Å². The summed E-state index contributed by atoms with van der Waals surface area (Å²) in [6.45, 7) is 7.82. The van der Waals surface area contributed by atoms with Crippen LogP contribution in [0, 0.1) is 5.92 Å². The highest BCUT2D eigenvalue weighted by Gasteiger charge is 2.09. The number of nitrogens with one attached hydrogen (secondary N) is 1. The highest BCUT2D eigenvalue weighted by Crippen LogP contribution is 2.04. The van der Waals surface area contributed by atoms with E-state index in [0.717, 1.165) is 12.2 Å². The summed E-state index contributed by atoms with van der Waals surface area (Å²) in [6, 6.07) is 4.10. The minimum Gasteiger partial charge on any atom is -0.467 e. The van der Waals surface area contributed by atoms with Crippen molar-refractivity contribution in [2.75, 3.05) is 13.2 Å². The zero-order valence-electron chi connectivity index (χ0n) is 11.6. The Labute approximate surface area is 109 Å². The average molecular weight is 255 g/mol. The van der Waals surface area contributed by atoms with Crippen LogP contribution < -0.4 is 5.32 Å². The number of aliphatic hydroxyl groups excluding tert-OH is 1. The normalized spacial score (nSPS) is 14.9. The number of ether oxygens (including phenoxy) is 1. The first-order chi connectivity index (χ1) is 8.58. The summed E-state index contributed by atoms with van der Waals surface area (Å²) in [7, 11) is 0. The Kier molecular flexibility index (Phi) is 7.01. The Morgan fingerprint density at radius 3 is 2.78 bits per heavy atom. The molecule has 1 aromatic rings. The van der Waals surface area contributed by atoms with Crippen LogP contribution in [-0.4, -0.2) is 30.4 Å². The zero-order valence-corrected chi connectivity index (χ0v) is 11.6. The van der Waals surface area contributed by atoms with Gasteiger partial charge in [0.2, 0.25) is 0 Å². The van der Waals surface area contributed by atoms with E-state index in [4.69, 9.17) is 9.15 Å². The summed E-state index contributed by atoms with van der Waals surface area (Å²) in [5.74, 6) is 1.45. The monoisotopic (exact) mass is 255 g/mol. The van der Waals surface area contributed by atoms with Crippen molar-refractivity contribution in [1.82, 2.24) is 5.32 Å². The fraction of sp³-hybridized carbons (Fsp3) is 0.714. The lowest BCUT2D eigenvalue weighted by atomic mass is 10.1. The molecule has 0 spiro atoms. The molecular weight excluding hydrogens is 230 g/mol. The molecular formula is C14H25NO3. The standard InChI is InChI=1S/C14H25NO3/c1-11(2)7-12(3)15-8-13(16)9-17-10-14-5-4-6-18-14/h4-6,11-13,15-16H,7-10H2,1-3H3. The highest BCUT2D eigenvalue weighted by molar-refractivity contribution is 4.96. The average Bonchev–Trinajstić information content (AvgIpc) is 2.78. The maximum absolute atomic E-state index is 9.74. The predicted octanol–water partition coefficient (Wildman–Crippen LogP) is 2.18. The summed E-state index contributed by atoms with van der Waals surface area (Å²) >= 11 is 0. The molecule has 2 atom stereocenters. The van der Waals surface area contributed by atoms with Crippen molar-refractivity contribution in [2.24, 2.45) is 5.92 Å². The molecule has 0 radical (unpaired) electrons. The topological polar surface area (TPSA) is 54.6 Å². The molecule has 2 unspecified atom stereocenters. The lowest BCUT2D eigenvalue weighted by Crippen LogP contribution is -2.36. The maximum Gasteiger partial charge on any atom is 0.129 e. The van der Waals surface area contributed by atoms with Crippen molar-refractivity contribution in [2.45, 2.75) is 45.9 Å². The number of aliphatic hydroxyl groups is 1. The third-order valence-corrected chi connectivity index (χ3v) is 2.66. The fourth-order valence-electron chi connectivity index (χ4n) is 1.88. The number of rotatable bonds is 9. The van der Waals surface area contributed by atoms with Crippen molar-refractivity contribution in [3.05, 3.63) is 24.2 Å². The molecule has 4 heteroatoms. The van der Waals surface area contributed by atoms with Gasteiger partial charge in [0.05, 0.1) is 19.0 Å². The largest absolute Gasteiger partial charge is 0.467 e. The van der Waals surface area contributed by atoms with E-state index in [-0.39, 0.29) is 0 Å². The molecule has 0 saturated carbocycles. The predicted molar refractivity (Wildman–Crippen MR) is 71.3 cm³/mol. The van der Waals surface area contributed by atoms with Crippen LogP contribution in [0.25, 0.3) is 0 Å². The van der Waals surface area contributed by atoms with E-state index >= 15 is 0 Å². The Bertz CT molecular complexity index is 298. The summed E-state index contributed by atoms with van der Waals surface area (Å²) in [5, 5.41) is 13.0. The molecule has 4 nitrogen and oxygen atoms in total. The van der Waals surface area contributed by atoms with Crippen LogP contribution in [0.15, 0.2) is 22.8 Å². The zero-order chi connectivity index (χ0) is 13.4. The Morgan fingerprint density at radius 2 is 2.17 bits per heavy atom. The third kappa shape index (κ3) is 6.79. The SMILES string of the molecule is CC(C)CC(C)NCC(O)COCc1ccco1. The van der Waals surface area contributed by atoms with Gasteiger partial charge in [0.1, 0.15) is 12.4 Å². The number of furan rings is 1. The second-order valence-corrected chi connectivity index (χ2v) is 5.19. The number of hydrogen-bond donors (Lipinski definition) is 2. The molecule has 2 N–H and O–H groups in total. The lowest BCUT2D eigenvalue weighted by Gasteiger charge is -2.18. The first-order valence-electron chi connectivity index (χ1n) is 6.59. The molecule has 0 aromatic carbocycles. The first-order valence-corrected chi connectivity index (χ1v) is 6.59. The van der Waals surface area contributed by atoms with Crippen LogP contribution in [-0.2, 0) is 11.3 Å². The van der Waals surface area contributed by atoms with Crippen molar-refractivity contribution < 1.29 is 14.3 Å². The molecule has 0 amide bonds. The maximum atomic E-state index is 9.74. The summed E-state index contributed by atoms with van der Waals surface area (Å²) in [5.41, 5.74) is 0. The van der Waals surface area contributed by atoms with Gasteiger partial charge < -0.3 is 19.6 Å². The number of hydrogen-bond acceptors (Lipinski definition) is 4. The van der Waals surface area contributed by atoms with Crippen LogP contribution in [0.2, 0.25) is 0 Å². The molecule has 18 heavy (non-hydrogen) atoms. The van der Waals surface area contributed by atoms with Gasteiger partial charge in [-0.3, -0.25) is 0 Å². The van der Waals surface area contributed by atoms with E-state index < -0.39 is 6.10 Å². The summed E-state index contributed by atoms with van der Waals surface area (Å²) in [6.07, 6.45) is 2.25. The molecule has 104 valence electrons. The molecule has 0 fully saturated rings. The fourth-order valence-corrected chi connectivity index (χ4v) is 1.88. The molecule has 0 bridgehead atoms. The lowest BCUT2D eigenvalue weighted by molar-refractivity contribution is 0.0215. The van der Waals surface area contributed by atoms with Gasteiger partial charge in [-0.15, -0.1) is 0 Å². The van der Waals surface area contributed by atoms with E-state index in [0.29, 0.717) is 31.7 Å². The van der Waals surface area contributed by atoms with Gasteiger partial charge in [0.25, 0.3) is 0 Å². The van der Waals surface area contributed by atoms with Crippen LogP contribution >= 0.6 is 0 Å². The van der Waals surface area contributed by atoms with Gasteiger partial charge in [-0.25, -0.2) is 0 Å². The van der Waals surface area contributed by atoms with Crippen LogP contribution in [0.1, 0.15) is 33.0 Å². The highest BCUT2D eigenvalue weighted by atomic mass is 16.5. The quantitative estimate of drug-likeness (QED) is 0.710. The third-order valence-electron chi connectivity index (χ3n) is 2.66. The molecule has 0 saturated heterocycles. The van der Waals surface area contributed by atoms with Gasteiger partial charge in [-0.2, -0.15) is 0 Å². The Hall–Kier alpha value is -0.840. The van der Waals surface area contributed by atoms with Gasteiger partial charge in [-0.05, 0) is 31.4 Å². The van der Waals surface area contributed by atoms with Crippen LogP contribution in [0.5, 0.6) is 0 Å². The summed E-state index contributed by atoms with van der Waals surface area (Å²) in [4.78, 5) is 0. The van der Waals surface area contributed by atoms with Gasteiger partial charge in [0, 0.05) is 12.6 Å². The van der Waals surface area contributed by atoms with Crippen LogP contribution in [0.4, 0.5) is 0 Å². The molecule has 1 rings (SSSR count). The van der Waals surface area contributed by atoms with E-state index in [1.807, 2.05) is 12.1 Å². The Balaban J connectivity index is 2.04. The van der Waals surface area contributed by atoms with Crippen molar-refractivity contribution in [3.63, 3.8) is 0 Å². The molecule has 0 aliphatic rings. The molecule has 0 aliphatic carbocycles. The molecule has 1 aromatic heterocycles. The van der Waals surface area contributed by atoms with Crippen molar-refractivity contribution >= 4 is 0 Å². The molecule has 1 heterocycles. The van der Waals surface area contributed by atoms with Gasteiger partial charge in [-0.1, -0.05) is 13.8 Å². The Morgan fingerprint density at radius 1 is 1.39 bits per heavy atom.